The highest BCUT2D eigenvalue weighted by atomic mass is 32.2. The lowest BCUT2D eigenvalue weighted by Crippen LogP contribution is -2.28. The summed E-state index contributed by atoms with van der Waals surface area (Å²) < 4.78 is 22.6. The zero-order chi connectivity index (χ0) is 11.7. The van der Waals surface area contributed by atoms with Gasteiger partial charge in [0.2, 0.25) is 0 Å². The summed E-state index contributed by atoms with van der Waals surface area (Å²) in [5, 5.41) is 11.8. The Bertz CT molecular complexity index is 239. The molecule has 0 aromatic carbocycles. The summed E-state index contributed by atoms with van der Waals surface area (Å²) in [6.45, 7) is 5.37. The van der Waals surface area contributed by atoms with Crippen LogP contribution < -0.4 is 5.32 Å². The predicted octanol–water partition coefficient (Wildman–Crippen LogP) is 0.419. The largest absolute Gasteiger partial charge is 0.396 e. The fourth-order valence-electron chi connectivity index (χ4n) is 1.31. The van der Waals surface area contributed by atoms with E-state index in [2.05, 4.69) is 5.32 Å². The number of nitrogens with one attached hydrogen (secondary N) is 1. The monoisotopic (exact) mass is 237 g/mol. The summed E-state index contributed by atoms with van der Waals surface area (Å²) in [5.41, 5.74) is 0. The molecule has 15 heavy (non-hydrogen) atoms. The van der Waals surface area contributed by atoms with Gasteiger partial charge in [-0.1, -0.05) is 13.8 Å². The van der Waals surface area contributed by atoms with Crippen LogP contribution in [0.3, 0.4) is 0 Å². The second kappa shape index (κ2) is 8.07. The number of rotatable bonds is 9. The molecule has 2 N–H and O–H groups in total. The zero-order valence-electron chi connectivity index (χ0n) is 9.70. The van der Waals surface area contributed by atoms with Crippen molar-refractivity contribution in [2.24, 2.45) is 5.92 Å². The number of aliphatic hydroxyl groups excluding tert-OH is 1. The summed E-state index contributed by atoms with van der Waals surface area (Å²) in [6.07, 6.45) is 1.44. The van der Waals surface area contributed by atoms with Crippen molar-refractivity contribution in [3.05, 3.63) is 0 Å². The van der Waals surface area contributed by atoms with Crippen LogP contribution in [0.1, 0.15) is 26.7 Å². The Labute approximate surface area is 93.0 Å². The lowest BCUT2D eigenvalue weighted by molar-refractivity contribution is 0.260. The average Bonchev–Trinajstić information content (AvgIpc) is 2.13. The lowest BCUT2D eigenvalue weighted by Gasteiger charge is -2.10. The molecular weight excluding hydrogens is 214 g/mol. The van der Waals surface area contributed by atoms with Gasteiger partial charge >= 0.3 is 0 Å². The first-order valence-corrected chi connectivity index (χ1v) is 7.36. The minimum absolute atomic E-state index is 0.191. The van der Waals surface area contributed by atoms with E-state index in [1.165, 1.54) is 0 Å². The molecule has 1 atom stereocenters. The molecule has 0 aliphatic heterocycles. The highest BCUT2D eigenvalue weighted by Crippen LogP contribution is 1.98. The molecule has 5 heteroatoms. The van der Waals surface area contributed by atoms with E-state index < -0.39 is 9.84 Å². The standard InChI is InChI=1S/C10H23NO3S/c1-3-7-15(13,14)8-5-11-9-10(2)4-6-12/h10-12H,3-9H2,1-2H3. The van der Waals surface area contributed by atoms with Gasteiger partial charge in [-0.05, 0) is 25.3 Å². The highest BCUT2D eigenvalue weighted by Gasteiger charge is 2.08. The van der Waals surface area contributed by atoms with Gasteiger partial charge in [0.15, 0.2) is 9.84 Å². The maximum Gasteiger partial charge on any atom is 0.151 e. The van der Waals surface area contributed by atoms with Crippen LogP contribution in [0.4, 0.5) is 0 Å². The van der Waals surface area contributed by atoms with Gasteiger partial charge in [0.05, 0.1) is 5.75 Å². The van der Waals surface area contributed by atoms with Crippen LogP contribution in [0.15, 0.2) is 0 Å². The first-order chi connectivity index (χ1) is 7.02. The average molecular weight is 237 g/mol. The van der Waals surface area contributed by atoms with Gasteiger partial charge in [0, 0.05) is 18.9 Å². The van der Waals surface area contributed by atoms with E-state index in [9.17, 15) is 8.42 Å². The predicted molar refractivity (Wildman–Crippen MR) is 62.7 cm³/mol. The second-order valence-electron chi connectivity index (χ2n) is 3.97. The molecule has 0 fully saturated rings. The van der Waals surface area contributed by atoms with E-state index in [1.54, 1.807) is 0 Å². The maximum atomic E-state index is 11.3. The molecule has 0 heterocycles. The van der Waals surface area contributed by atoms with Gasteiger partial charge in [-0.3, -0.25) is 0 Å². The number of aliphatic hydroxyl groups is 1. The second-order valence-corrected chi connectivity index (χ2v) is 6.28. The van der Waals surface area contributed by atoms with Gasteiger partial charge in [-0.25, -0.2) is 8.42 Å². The minimum atomic E-state index is -2.85. The summed E-state index contributed by atoms with van der Waals surface area (Å²) in [5.74, 6) is 0.886. The van der Waals surface area contributed by atoms with Crippen molar-refractivity contribution in [1.29, 1.82) is 0 Å². The Morgan fingerprint density at radius 2 is 2.00 bits per heavy atom. The number of hydrogen-bond acceptors (Lipinski definition) is 4. The van der Waals surface area contributed by atoms with Crippen LogP contribution in [0, 0.1) is 5.92 Å². The van der Waals surface area contributed by atoms with Crippen LogP contribution in [0.25, 0.3) is 0 Å². The molecule has 0 radical (unpaired) electrons. The third kappa shape index (κ3) is 8.84. The highest BCUT2D eigenvalue weighted by molar-refractivity contribution is 7.91. The topological polar surface area (TPSA) is 66.4 Å². The Balaban J connectivity index is 3.54. The van der Waals surface area contributed by atoms with Crippen molar-refractivity contribution in [1.82, 2.24) is 5.32 Å². The lowest BCUT2D eigenvalue weighted by atomic mass is 10.1. The summed E-state index contributed by atoms with van der Waals surface area (Å²) in [7, 11) is -2.85. The Kier molecular flexibility index (Phi) is 8.00. The van der Waals surface area contributed by atoms with Crippen molar-refractivity contribution >= 4 is 9.84 Å². The summed E-state index contributed by atoms with van der Waals surface area (Å²) in [4.78, 5) is 0. The molecule has 4 nitrogen and oxygen atoms in total. The number of hydrogen-bond donors (Lipinski definition) is 2. The number of sulfone groups is 1. The van der Waals surface area contributed by atoms with Crippen LogP contribution >= 0.6 is 0 Å². The van der Waals surface area contributed by atoms with Gasteiger partial charge in [-0.15, -0.1) is 0 Å². The maximum absolute atomic E-state index is 11.3. The van der Waals surface area contributed by atoms with E-state index in [0.29, 0.717) is 18.9 Å². The third-order valence-corrected chi connectivity index (χ3v) is 4.08. The van der Waals surface area contributed by atoms with E-state index >= 15 is 0 Å². The van der Waals surface area contributed by atoms with Crippen LogP contribution in [-0.2, 0) is 9.84 Å². The molecule has 1 unspecified atom stereocenters. The first kappa shape index (κ1) is 14.9. The normalized spacial score (nSPS) is 14.1. The fraction of sp³-hybridized carbons (Fsp3) is 1.00. The molecular formula is C10H23NO3S. The molecule has 0 spiro atoms. The van der Waals surface area contributed by atoms with Crippen molar-refractivity contribution in [3.63, 3.8) is 0 Å². The van der Waals surface area contributed by atoms with Gasteiger partial charge < -0.3 is 10.4 Å². The van der Waals surface area contributed by atoms with E-state index in [0.717, 1.165) is 13.0 Å². The molecule has 0 aliphatic rings. The van der Waals surface area contributed by atoms with Gasteiger partial charge in [0.1, 0.15) is 0 Å². The smallest absolute Gasteiger partial charge is 0.151 e. The quantitative estimate of drug-likeness (QED) is 0.570. The molecule has 0 saturated carbocycles. The molecule has 0 saturated heterocycles. The summed E-state index contributed by atoms with van der Waals surface area (Å²) in [6, 6.07) is 0. The SMILES string of the molecule is CCCS(=O)(=O)CCNCC(C)CCO. The van der Waals surface area contributed by atoms with Crippen LogP contribution in [-0.4, -0.2) is 44.7 Å². The van der Waals surface area contributed by atoms with Crippen molar-refractivity contribution < 1.29 is 13.5 Å². The third-order valence-electron chi connectivity index (χ3n) is 2.22. The van der Waals surface area contributed by atoms with Crippen LogP contribution in [0.5, 0.6) is 0 Å². The molecule has 92 valence electrons. The molecule has 0 aromatic rings. The van der Waals surface area contributed by atoms with Crippen molar-refractivity contribution in [3.8, 4) is 0 Å². The Morgan fingerprint density at radius 1 is 1.33 bits per heavy atom. The molecule has 0 aromatic heterocycles. The Morgan fingerprint density at radius 3 is 2.53 bits per heavy atom. The van der Waals surface area contributed by atoms with Gasteiger partial charge in [0.25, 0.3) is 0 Å². The summed E-state index contributed by atoms with van der Waals surface area (Å²) >= 11 is 0. The van der Waals surface area contributed by atoms with Crippen LogP contribution in [0.2, 0.25) is 0 Å². The van der Waals surface area contributed by atoms with Gasteiger partial charge in [-0.2, -0.15) is 0 Å². The molecule has 0 bridgehead atoms. The molecule has 0 rings (SSSR count). The molecule has 0 aliphatic carbocycles. The van der Waals surface area contributed by atoms with E-state index in [1.807, 2.05) is 13.8 Å². The molecule has 0 amide bonds. The zero-order valence-corrected chi connectivity index (χ0v) is 10.5. The Hall–Kier alpha value is -0.130. The van der Waals surface area contributed by atoms with Crippen molar-refractivity contribution in [2.45, 2.75) is 26.7 Å². The minimum Gasteiger partial charge on any atom is -0.396 e. The first-order valence-electron chi connectivity index (χ1n) is 5.53. The van der Waals surface area contributed by atoms with E-state index in [-0.39, 0.29) is 18.1 Å². The van der Waals surface area contributed by atoms with Crippen molar-refractivity contribution in [2.75, 3.05) is 31.2 Å². The van der Waals surface area contributed by atoms with E-state index in [4.69, 9.17) is 5.11 Å². The fourth-order valence-corrected chi connectivity index (χ4v) is 2.59.